The molecule has 0 aliphatic carbocycles. The number of carbonyl (C=O) groups excluding carboxylic acids is 6. The fourth-order valence-electron chi connectivity index (χ4n) is 5.55. The second-order valence-corrected chi connectivity index (χ2v) is 16.0. The molecule has 1 fully saturated rings. The van der Waals surface area contributed by atoms with E-state index in [-0.39, 0.29) is 31.3 Å². The predicted molar refractivity (Wildman–Crippen MR) is 182 cm³/mol. The minimum atomic E-state index is -1.06. The van der Waals surface area contributed by atoms with E-state index >= 15 is 0 Å². The van der Waals surface area contributed by atoms with E-state index in [9.17, 15) is 28.8 Å². The first-order valence-corrected chi connectivity index (χ1v) is 16.8. The molecule has 268 valence electrons. The SMILES string of the molecule is C=CCNC(=O)C(=O)C(CCCC)NC(=O)[C@@H]1[C@@H](C(C)C)CCN1C(=O)[C@@H](NC(=O)N[C@H](C(=O)OC(C)(C)C)C(C)(C)C)C(C)(C)C. The van der Waals surface area contributed by atoms with Crippen LogP contribution in [-0.2, 0) is 28.7 Å². The molecule has 4 N–H and O–H groups in total. The number of carbonyl (C=O) groups is 6. The monoisotopic (exact) mass is 663 g/mol. The highest BCUT2D eigenvalue weighted by Gasteiger charge is 2.48. The van der Waals surface area contributed by atoms with E-state index in [0.29, 0.717) is 12.8 Å². The van der Waals surface area contributed by atoms with Gasteiger partial charge < -0.3 is 30.9 Å². The summed E-state index contributed by atoms with van der Waals surface area (Å²) in [4.78, 5) is 81.8. The minimum absolute atomic E-state index is 0.0231. The number of likely N-dealkylation sites (tertiary alicyclic amines) is 1. The quantitative estimate of drug-likeness (QED) is 0.125. The number of hydrogen-bond acceptors (Lipinski definition) is 7. The number of hydrogen-bond donors (Lipinski definition) is 4. The summed E-state index contributed by atoms with van der Waals surface area (Å²) in [6.45, 7) is 25.9. The fourth-order valence-corrected chi connectivity index (χ4v) is 5.55. The van der Waals surface area contributed by atoms with E-state index in [1.165, 1.54) is 11.0 Å². The fraction of sp³-hybridized carbons (Fsp3) is 0.771. The van der Waals surface area contributed by atoms with Gasteiger partial charge in [-0.25, -0.2) is 9.59 Å². The van der Waals surface area contributed by atoms with Crippen molar-refractivity contribution in [2.75, 3.05) is 13.1 Å². The molecule has 1 rings (SSSR count). The van der Waals surface area contributed by atoms with Crippen LogP contribution in [0.1, 0.15) is 109 Å². The van der Waals surface area contributed by atoms with Crippen LogP contribution in [0.25, 0.3) is 0 Å². The Bertz CT molecular complexity index is 1150. The summed E-state index contributed by atoms with van der Waals surface area (Å²) in [5.41, 5.74) is -2.24. The molecule has 0 saturated carbocycles. The van der Waals surface area contributed by atoms with Gasteiger partial charge in [0.1, 0.15) is 23.7 Å². The third-order valence-corrected chi connectivity index (χ3v) is 8.14. The Labute approximate surface area is 281 Å². The summed E-state index contributed by atoms with van der Waals surface area (Å²) in [6.07, 6.45) is 3.63. The van der Waals surface area contributed by atoms with Gasteiger partial charge in [-0.05, 0) is 56.3 Å². The number of ketones is 1. The van der Waals surface area contributed by atoms with Gasteiger partial charge >= 0.3 is 12.0 Å². The molecule has 5 atom stereocenters. The van der Waals surface area contributed by atoms with Crippen LogP contribution < -0.4 is 21.3 Å². The molecule has 0 spiro atoms. The molecule has 0 radical (unpaired) electrons. The molecule has 1 aliphatic rings. The molecule has 5 amide bonds. The molecular weight excluding hydrogens is 602 g/mol. The Morgan fingerprint density at radius 2 is 1.45 bits per heavy atom. The molecule has 1 heterocycles. The molecule has 0 bridgehead atoms. The van der Waals surface area contributed by atoms with Gasteiger partial charge in [0.25, 0.3) is 5.91 Å². The summed E-state index contributed by atoms with van der Waals surface area (Å²) in [5, 5.41) is 10.8. The highest BCUT2D eigenvalue weighted by Crippen LogP contribution is 2.33. The van der Waals surface area contributed by atoms with Crippen molar-refractivity contribution in [1.29, 1.82) is 0 Å². The summed E-state index contributed by atoms with van der Waals surface area (Å²) in [5.74, 6) is -3.34. The largest absolute Gasteiger partial charge is 0.458 e. The van der Waals surface area contributed by atoms with E-state index in [2.05, 4.69) is 27.8 Å². The lowest BCUT2D eigenvalue weighted by Crippen LogP contribution is -2.62. The van der Waals surface area contributed by atoms with Crippen LogP contribution >= 0.6 is 0 Å². The first kappa shape index (κ1) is 41.6. The molecule has 0 aromatic rings. The number of rotatable bonds is 14. The molecule has 1 unspecified atom stereocenters. The summed E-state index contributed by atoms with van der Waals surface area (Å²) < 4.78 is 5.56. The third kappa shape index (κ3) is 12.6. The average Bonchev–Trinajstić information content (AvgIpc) is 3.38. The summed E-state index contributed by atoms with van der Waals surface area (Å²) in [7, 11) is 0. The Hall–Kier alpha value is -3.44. The van der Waals surface area contributed by atoms with E-state index in [4.69, 9.17) is 4.74 Å². The Kier molecular flexibility index (Phi) is 15.1. The number of nitrogens with one attached hydrogen (secondary N) is 4. The van der Waals surface area contributed by atoms with Gasteiger partial charge in [-0.1, -0.05) is 81.2 Å². The normalized spacial score (nSPS) is 18.9. The Morgan fingerprint density at radius 3 is 1.91 bits per heavy atom. The Morgan fingerprint density at radius 1 is 0.894 bits per heavy atom. The van der Waals surface area contributed by atoms with Gasteiger partial charge in [0.15, 0.2) is 0 Å². The second kappa shape index (κ2) is 17.1. The van der Waals surface area contributed by atoms with Gasteiger partial charge in [-0.3, -0.25) is 19.2 Å². The molecule has 12 heteroatoms. The first-order valence-electron chi connectivity index (χ1n) is 16.8. The average molecular weight is 664 g/mol. The van der Waals surface area contributed by atoms with Crippen molar-refractivity contribution in [3.8, 4) is 0 Å². The van der Waals surface area contributed by atoms with E-state index < -0.39 is 76.1 Å². The topological polar surface area (TPSA) is 163 Å². The van der Waals surface area contributed by atoms with Crippen LogP contribution in [0.15, 0.2) is 12.7 Å². The van der Waals surface area contributed by atoms with Crippen LogP contribution in [0.3, 0.4) is 0 Å². The van der Waals surface area contributed by atoms with Crippen LogP contribution in [0, 0.1) is 22.7 Å². The zero-order chi connectivity index (χ0) is 36.5. The highest BCUT2D eigenvalue weighted by molar-refractivity contribution is 6.38. The van der Waals surface area contributed by atoms with Gasteiger partial charge in [-0.2, -0.15) is 0 Å². The van der Waals surface area contributed by atoms with Crippen molar-refractivity contribution in [1.82, 2.24) is 26.2 Å². The van der Waals surface area contributed by atoms with Crippen LogP contribution in [-0.4, -0.2) is 83.3 Å². The molecule has 1 aliphatic heterocycles. The first-order chi connectivity index (χ1) is 21.5. The maximum absolute atomic E-state index is 14.3. The van der Waals surface area contributed by atoms with Crippen LogP contribution in [0.5, 0.6) is 0 Å². The number of amides is 5. The van der Waals surface area contributed by atoms with Crippen LogP contribution in [0.4, 0.5) is 4.79 Å². The van der Waals surface area contributed by atoms with E-state index in [1.807, 2.05) is 20.8 Å². The van der Waals surface area contributed by atoms with Crippen molar-refractivity contribution >= 4 is 35.5 Å². The van der Waals surface area contributed by atoms with Crippen molar-refractivity contribution in [3.05, 3.63) is 12.7 Å². The summed E-state index contributed by atoms with van der Waals surface area (Å²) in [6, 6.07) is -4.77. The number of nitrogens with zero attached hydrogens (tertiary/aromatic N) is 1. The van der Waals surface area contributed by atoms with Gasteiger partial charge in [0.2, 0.25) is 17.6 Å². The maximum Gasteiger partial charge on any atom is 0.329 e. The maximum atomic E-state index is 14.3. The molecule has 0 aromatic carbocycles. The third-order valence-electron chi connectivity index (χ3n) is 8.14. The molecule has 1 saturated heterocycles. The standard InChI is InChI=1S/C35H61N5O7/c1-14-16-17-23(25(41)29(43)36-19-15-2)37-28(42)24-22(21(3)4)18-20-40(24)30(44)26(33(5,6)7)38-32(46)39-27(34(8,9)10)31(45)47-35(11,12)13/h15,21-24,26-27H,2,14,16-20H2,1,3-13H3,(H,36,43)(H,37,42)(H2,38,39,46)/t22-,23?,24+,26-,27-/m1/s1. The van der Waals surface area contributed by atoms with Crippen LogP contribution in [0.2, 0.25) is 0 Å². The second-order valence-electron chi connectivity index (χ2n) is 16.0. The summed E-state index contributed by atoms with van der Waals surface area (Å²) >= 11 is 0. The molecular formula is C35H61N5O7. The van der Waals surface area contributed by atoms with E-state index in [0.717, 1.165) is 6.42 Å². The number of Topliss-reactive ketones (excluding diaryl/α,β-unsaturated/α-hetero) is 1. The number of urea groups is 1. The lowest BCUT2D eigenvalue weighted by atomic mass is 9.84. The lowest BCUT2D eigenvalue weighted by Gasteiger charge is -2.38. The predicted octanol–water partition coefficient (Wildman–Crippen LogP) is 3.88. The smallest absolute Gasteiger partial charge is 0.329 e. The lowest BCUT2D eigenvalue weighted by molar-refractivity contribution is -0.160. The number of unbranched alkanes of at least 4 members (excludes halogenated alkanes) is 1. The van der Waals surface area contributed by atoms with E-state index in [1.54, 1.807) is 62.3 Å². The van der Waals surface area contributed by atoms with Gasteiger partial charge in [0, 0.05) is 13.1 Å². The molecule has 47 heavy (non-hydrogen) atoms. The zero-order valence-electron chi connectivity index (χ0n) is 30.8. The molecule has 0 aromatic heterocycles. The number of ether oxygens (including phenoxy) is 1. The van der Waals surface area contributed by atoms with Gasteiger partial charge in [0.05, 0.1) is 6.04 Å². The Balaban J connectivity index is 3.37. The number of esters is 1. The van der Waals surface area contributed by atoms with Gasteiger partial charge in [-0.15, -0.1) is 6.58 Å². The van der Waals surface area contributed by atoms with Crippen molar-refractivity contribution in [2.24, 2.45) is 22.7 Å². The molecule has 12 nitrogen and oxygen atoms in total. The van der Waals surface area contributed by atoms with Crippen molar-refractivity contribution in [3.63, 3.8) is 0 Å². The van der Waals surface area contributed by atoms with Crippen molar-refractivity contribution < 1.29 is 33.5 Å². The highest BCUT2D eigenvalue weighted by atomic mass is 16.6. The zero-order valence-corrected chi connectivity index (χ0v) is 30.8. The van der Waals surface area contributed by atoms with Crippen molar-refractivity contribution in [2.45, 2.75) is 139 Å². The minimum Gasteiger partial charge on any atom is -0.458 e.